The number of pyridine rings is 1. The van der Waals surface area contributed by atoms with Gasteiger partial charge >= 0.3 is 0 Å². The van der Waals surface area contributed by atoms with Gasteiger partial charge in [-0.1, -0.05) is 36.4 Å². The van der Waals surface area contributed by atoms with Crippen LogP contribution in [0.4, 0.5) is 0 Å². The standard InChI is InChI=1S/C30H30N4O5/c1-37-28-26-24(15-22(17-32)33-28)39-30(21-9-7-19(16-31)8-10-21)25(20-5-3-2-4-6-20)23(27(35)29(26,30)36)18-34-11-13-38-14-12-34/h2-5,7-10,15,20,23,25,27,35-36H,6,11-14,18H2,1H3/t20?,23-,25-,27-,29+,30+/m1/s1. The molecule has 0 spiro atoms. The number of hydrogen-bond donors (Lipinski definition) is 2. The third-order valence-electron chi connectivity index (χ3n) is 8.73. The van der Waals surface area contributed by atoms with Crippen LogP contribution in [-0.2, 0) is 15.9 Å². The van der Waals surface area contributed by atoms with Crippen LogP contribution in [0.3, 0.4) is 0 Å². The Morgan fingerprint density at radius 3 is 2.56 bits per heavy atom. The smallest absolute Gasteiger partial charge is 0.224 e. The molecule has 4 aliphatic rings. The molecule has 1 saturated carbocycles. The maximum Gasteiger partial charge on any atom is 0.224 e. The lowest BCUT2D eigenvalue weighted by molar-refractivity contribution is -0.161. The molecule has 2 aromatic rings. The molecule has 0 bridgehead atoms. The van der Waals surface area contributed by atoms with E-state index in [0.29, 0.717) is 37.3 Å². The van der Waals surface area contributed by atoms with Crippen molar-refractivity contribution in [2.45, 2.75) is 23.7 Å². The maximum atomic E-state index is 12.9. The predicted octanol–water partition coefficient (Wildman–Crippen LogP) is 2.38. The van der Waals surface area contributed by atoms with Crippen LogP contribution < -0.4 is 9.47 Å². The van der Waals surface area contributed by atoms with Crippen LogP contribution >= 0.6 is 0 Å². The number of fused-ring (bicyclic) bond motifs is 3. The van der Waals surface area contributed by atoms with Gasteiger partial charge in [-0.15, -0.1) is 0 Å². The van der Waals surface area contributed by atoms with Crippen molar-refractivity contribution in [1.82, 2.24) is 9.88 Å². The highest BCUT2D eigenvalue weighted by atomic mass is 16.5. The second-order valence-electron chi connectivity index (χ2n) is 10.6. The number of ether oxygens (including phenoxy) is 3. The molecule has 0 radical (unpaired) electrons. The highest BCUT2D eigenvalue weighted by molar-refractivity contribution is 5.59. The lowest BCUT2D eigenvalue weighted by Crippen LogP contribution is -2.53. The van der Waals surface area contributed by atoms with Gasteiger partial charge in [-0.2, -0.15) is 10.5 Å². The van der Waals surface area contributed by atoms with Gasteiger partial charge in [0.1, 0.15) is 17.5 Å². The van der Waals surface area contributed by atoms with Crippen LogP contribution in [0, 0.1) is 40.4 Å². The Morgan fingerprint density at radius 1 is 1.15 bits per heavy atom. The van der Waals surface area contributed by atoms with Crippen LogP contribution in [-0.4, -0.2) is 66.2 Å². The molecule has 2 N–H and O–H groups in total. The normalized spacial score (nSPS) is 33.1. The number of aromatic nitrogens is 1. The molecular formula is C30H30N4O5. The molecule has 6 atom stereocenters. The summed E-state index contributed by atoms with van der Waals surface area (Å²) in [7, 11) is 1.42. The summed E-state index contributed by atoms with van der Waals surface area (Å²) in [4.78, 5) is 6.58. The van der Waals surface area contributed by atoms with Gasteiger partial charge in [0.2, 0.25) is 5.88 Å². The fourth-order valence-corrected chi connectivity index (χ4v) is 7.11. The first kappa shape index (κ1) is 25.5. The Kier molecular flexibility index (Phi) is 6.41. The van der Waals surface area contributed by atoms with Crippen molar-refractivity contribution in [1.29, 1.82) is 10.5 Å². The van der Waals surface area contributed by atoms with Gasteiger partial charge in [-0.3, -0.25) is 4.90 Å². The average molecular weight is 527 g/mol. The molecule has 9 nitrogen and oxygen atoms in total. The molecule has 1 aromatic carbocycles. The largest absolute Gasteiger partial charge is 0.481 e. The van der Waals surface area contributed by atoms with E-state index in [1.807, 2.05) is 18.2 Å². The number of aliphatic hydroxyl groups excluding tert-OH is 1. The molecule has 2 aliphatic heterocycles. The zero-order chi connectivity index (χ0) is 27.2. The molecule has 39 heavy (non-hydrogen) atoms. The van der Waals surface area contributed by atoms with Crippen LogP contribution in [0.5, 0.6) is 11.6 Å². The molecule has 1 unspecified atom stereocenters. The highest BCUT2D eigenvalue weighted by Gasteiger charge is 2.77. The average Bonchev–Trinajstić information content (AvgIpc) is 3.36. The van der Waals surface area contributed by atoms with Crippen molar-refractivity contribution in [2.24, 2.45) is 17.8 Å². The number of benzene rings is 1. The van der Waals surface area contributed by atoms with Gasteiger partial charge in [-0.05, 0) is 30.0 Å². The van der Waals surface area contributed by atoms with Crippen molar-refractivity contribution in [2.75, 3.05) is 40.0 Å². The van der Waals surface area contributed by atoms with Gasteiger partial charge in [0.15, 0.2) is 11.2 Å². The van der Waals surface area contributed by atoms with E-state index < -0.39 is 23.2 Å². The lowest BCUT2D eigenvalue weighted by atomic mass is 9.67. The number of nitrogens with zero attached hydrogens (tertiary/aromatic N) is 4. The van der Waals surface area contributed by atoms with Crippen LogP contribution in [0.25, 0.3) is 0 Å². The molecule has 1 aromatic heterocycles. The highest BCUT2D eigenvalue weighted by Crippen LogP contribution is 2.69. The Hall–Kier alpha value is -3.73. The molecule has 2 fully saturated rings. The fraction of sp³-hybridized carbons (Fsp3) is 0.433. The molecule has 1 saturated heterocycles. The van der Waals surface area contributed by atoms with E-state index in [1.165, 1.54) is 13.2 Å². The minimum atomic E-state index is -1.94. The summed E-state index contributed by atoms with van der Waals surface area (Å²) in [5.41, 5.74) is -1.95. The Morgan fingerprint density at radius 2 is 1.92 bits per heavy atom. The zero-order valence-electron chi connectivity index (χ0n) is 21.7. The summed E-state index contributed by atoms with van der Waals surface area (Å²) in [5.74, 6) is -0.528. The van der Waals surface area contributed by atoms with Crippen LogP contribution in [0.2, 0.25) is 0 Å². The number of nitriles is 2. The summed E-state index contributed by atoms with van der Waals surface area (Å²) < 4.78 is 18.0. The SMILES string of the molecule is COc1nc(C#N)cc2c1[C@]1(O)[C@H](O)[C@H](CN3CCOCC3)[C@@H](C3C=CC=CC3)[C@]1(c1ccc(C#N)cc1)O2. The topological polar surface area (TPSA) is 132 Å². The maximum absolute atomic E-state index is 12.9. The van der Waals surface area contributed by atoms with Gasteiger partial charge in [0.25, 0.3) is 0 Å². The molecule has 3 heterocycles. The summed E-state index contributed by atoms with van der Waals surface area (Å²) in [6.45, 7) is 3.21. The molecule has 6 rings (SSSR count). The van der Waals surface area contributed by atoms with E-state index in [1.54, 1.807) is 24.3 Å². The second kappa shape index (κ2) is 9.78. The van der Waals surface area contributed by atoms with Gasteiger partial charge in [-0.25, -0.2) is 4.98 Å². The van der Waals surface area contributed by atoms with Crippen LogP contribution in [0.1, 0.15) is 28.8 Å². The third kappa shape index (κ3) is 3.70. The first-order valence-corrected chi connectivity index (χ1v) is 13.2. The van der Waals surface area contributed by atoms with Crippen molar-refractivity contribution in [3.8, 4) is 23.8 Å². The van der Waals surface area contributed by atoms with E-state index >= 15 is 0 Å². The molecule has 200 valence electrons. The molecule has 0 amide bonds. The number of aliphatic hydroxyl groups is 2. The zero-order valence-corrected chi connectivity index (χ0v) is 21.7. The van der Waals surface area contributed by atoms with E-state index in [4.69, 9.17) is 14.2 Å². The van der Waals surface area contributed by atoms with Gasteiger partial charge in [0, 0.05) is 37.5 Å². The first-order valence-electron chi connectivity index (χ1n) is 13.2. The Balaban J connectivity index is 1.60. The van der Waals surface area contributed by atoms with Gasteiger partial charge < -0.3 is 24.4 Å². The summed E-state index contributed by atoms with van der Waals surface area (Å²) in [5, 5.41) is 44.3. The quantitative estimate of drug-likeness (QED) is 0.603. The van der Waals surface area contributed by atoms with E-state index in [0.717, 1.165) is 13.1 Å². The number of rotatable bonds is 5. The third-order valence-corrected chi connectivity index (χ3v) is 8.73. The monoisotopic (exact) mass is 526 g/mol. The number of morpholine rings is 1. The van der Waals surface area contributed by atoms with Crippen molar-refractivity contribution in [3.63, 3.8) is 0 Å². The number of hydrogen-bond acceptors (Lipinski definition) is 9. The minimum absolute atomic E-state index is 0.0472. The number of methoxy groups -OCH3 is 1. The lowest BCUT2D eigenvalue weighted by Gasteiger charge is -2.43. The molecule has 2 aliphatic carbocycles. The van der Waals surface area contributed by atoms with Crippen molar-refractivity contribution >= 4 is 0 Å². The second-order valence-corrected chi connectivity index (χ2v) is 10.6. The van der Waals surface area contributed by atoms with Crippen molar-refractivity contribution < 1.29 is 24.4 Å². The summed E-state index contributed by atoms with van der Waals surface area (Å²) in [6.07, 6.45) is 7.66. The van der Waals surface area contributed by atoms with Crippen molar-refractivity contribution in [3.05, 3.63) is 77.0 Å². The van der Waals surface area contributed by atoms with E-state index in [-0.39, 0.29) is 34.7 Å². The molecule has 9 heteroatoms. The number of allylic oxidation sites excluding steroid dienone is 4. The fourth-order valence-electron chi connectivity index (χ4n) is 7.11. The minimum Gasteiger partial charge on any atom is -0.481 e. The molecular weight excluding hydrogens is 496 g/mol. The predicted molar refractivity (Wildman–Crippen MR) is 139 cm³/mol. The first-order chi connectivity index (χ1) is 19.0. The van der Waals surface area contributed by atoms with Gasteiger partial charge in [0.05, 0.1) is 43.6 Å². The summed E-state index contributed by atoms with van der Waals surface area (Å²) in [6, 6.07) is 12.7. The van der Waals surface area contributed by atoms with E-state index in [9.17, 15) is 20.7 Å². The Labute approximate surface area is 227 Å². The van der Waals surface area contributed by atoms with Crippen LogP contribution in [0.15, 0.2) is 54.6 Å². The van der Waals surface area contributed by atoms with E-state index in [2.05, 4.69) is 28.1 Å². The summed E-state index contributed by atoms with van der Waals surface area (Å²) >= 11 is 0. The Bertz CT molecular complexity index is 1400.